The molecule has 0 aliphatic carbocycles. The van der Waals surface area contributed by atoms with Crippen LogP contribution in [0.4, 0.5) is 5.69 Å². The summed E-state index contributed by atoms with van der Waals surface area (Å²) in [4.78, 5) is 23.6. The van der Waals surface area contributed by atoms with E-state index in [0.717, 1.165) is 5.69 Å². The maximum atomic E-state index is 12.3. The van der Waals surface area contributed by atoms with E-state index in [1.165, 1.54) is 35.6 Å². The zero-order valence-corrected chi connectivity index (χ0v) is 13.9. The van der Waals surface area contributed by atoms with Crippen molar-refractivity contribution < 1.29 is 14.7 Å². The molecule has 2 aromatic rings. The molecule has 0 bridgehead atoms. The third-order valence-corrected chi connectivity index (χ3v) is 3.66. The quantitative estimate of drug-likeness (QED) is 0.875. The van der Waals surface area contributed by atoms with Crippen molar-refractivity contribution in [3.8, 4) is 0 Å². The lowest BCUT2D eigenvalue weighted by molar-refractivity contribution is -0.146. The summed E-state index contributed by atoms with van der Waals surface area (Å²) >= 11 is 0. The van der Waals surface area contributed by atoms with Crippen molar-refractivity contribution in [2.75, 3.05) is 5.32 Å². The van der Waals surface area contributed by atoms with E-state index in [2.05, 4.69) is 15.5 Å². The molecular weight excluding hydrogens is 298 g/mol. The van der Waals surface area contributed by atoms with Crippen molar-refractivity contribution in [3.05, 3.63) is 29.8 Å². The van der Waals surface area contributed by atoms with Crippen LogP contribution < -0.4 is 5.32 Å². The Labute approximate surface area is 134 Å². The summed E-state index contributed by atoms with van der Waals surface area (Å²) < 4.78 is 2.82. The molecule has 0 aliphatic heterocycles. The second-order valence-electron chi connectivity index (χ2n) is 6.22. The molecule has 2 N–H and O–H groups in total. The lowest BCUT2D eigenvalue weighted by atomic mass is 10.1. The number of aliphatic carboxylic acids is 1. The first-order chi connectivity index (χ1) is 10.6. The number of anilines is 1. The lowest BCUT2D eigenvalue weighted by Crippen LogP contribution is -2.35. The number of hydrogen-bond acceptors (Lipinski definition) is 4. The van der Waals surface area contributed by atoms with Crippen LogP contribution in [0.15, 0.2) is 18.5 Å². The van der Waals surface area contributed by atoms with Gasteiger partial charge in [0.2, 0.25) is 0 Å². The van der Waals surface area contributed by atoms with Gasteiger partial charge in [-0.3, -0.25) is 14.2 Å². The Morgan fingerprint density at radius 1 is 1.35 bits per heavy atom. The Morgan fingerprint density at radius 3 is 2.52 bits per heavy atom. The standard InChI is InChI=1S/C15H21N5O3/c1-9(2)11-6-12(19(5)18-11)13(21)17-10-7-16-20(8-10)15(3,4)14(22)23/h6-9H,1-5H3,(H,17,21)(H,22,23). The zero-order valence-electron chi connectivity index (χ0n) is 13.9. The monoisotopic (exact) mass is 319 g/mol. The van der Waals surface area contributed by atoms with Crippen molar-refractivity contribution in [2.45, 2.75) is 39.2 Å². The fourth-order valence-corrected chi connectivity index (χ4v) is 1.97. The van der Waals surface area contributed by atoms with E-state index in [-0.39, 0.29) is 11.8 Å². The smallest absolute Gasteiger partial charge is 0.331 e. The van der Waals surface area contributed by atoms with Gasteiger partial charge in [-0.05, 0) is 25.8 Å². The Balaban J connectivity index is 2.19. The summed E-state index contributed by atoms with van der Waals surface area (Å²) in [7, 11) is 1.71. The largest absolute Gasteiger partial charge is 0.479 e. The van der Waals surface area contributed by atoms with Gasteiger partial charge in [0.15, 0.2) is 5.54 Å². The van der Waals surface area contributed by atoms with Gasteiger partial charge in [-0.1, -0.05) is 13.8 Å². The van der Waals surface area contributed by atoms with Gasteiger partial charge in [0.1, 0.15) is 5.69 Å². The highest BCUT2D eigenvalue weighted by Gasteiger charge is 2.30. The first kappa shape index (κ1) is 16.7. The number of rotatable bonds is 5. The Kier molecular flexibility index (Phi) is 4.26. The van der Waals surface area contributed by atoms with E-state index in [9.17, 15) is 14.7 Å². The van der Waals surface area contributed by atoms with E-state index < -0.39 is 11.5 Å². The van der Waals surface area contributed by atoms with Gasteiger partial charge in [-0.25, -0.2) is 4.79 Å². The second-order valence-corrected chi connectivity index (χ2v) is 6.22. The average molecular weight is 319 g/mol. The number of carboxylic acids is 1. The number of amides is 1. The molecule has 0 saturated heterocycles. The minimum Gasteiger partial charge on any atom is -0.479 e. The molecule has 0 unspecified atom stereocenters. The summed E-state index contributed by atoms with van der Waals surface area (Å²) in [6.07, 6.45) is 2.91. The van der Waals surface area contributed by atoms with Crippen LogP contribution in [0.1, 0.15) is 49.8 Å². The van der Waals surface area contributed by atoms with Gasteiger partial charge in [-0.2, -0.15) is 10.2 Å². The van der Waals surface area contributed by atoms with Crippen LogP contribution in [0.2, 0.25) is 0 Å². The summed E-state index contributed by atoms with van der Waals surface area (Å²) in [6, 6.07) is 1.74. The molecule has 0 saturated carbocycles. The predicted molar refractivity (Wildman–Crippen MR) is 84.4 cm³/mol. The van der Waals surface area contributed by atoms with E-state index >= 15 is 0 Å². The molecule has 0 aliphatic rings. The molecule has 124 valence electrons. The lowest BCUT2D eigenvalue weighted by Gasteiger charge is -2.19. The summed E-state index contributed by atoms with van der Waals surface area (Å²) in [5.41, 5.74) is 0.497. The normalized spacial score (nSPS) is 11.7. The summed E-state index contributed by atoms with van der Waals surface area (Å²) in [5, 5.41) is 20.2. The van der Waals surface area contributed by atoms with Crippen LogP contribution in [0.25, 0.3) is 0 Å². The van der Waals surface area contributed by atoms with Crippen molar-refractivity contribution in [3.63, 3.8) is 0 Å². The molecular formula is C15H21N5O3. The number of carbonyl (C=O) groups is 2. The summed E-state index contributed by atoms with van der Waals surface area (Å²) in [6.45, 7) is 7.07. The average Bonchev–Trinajstić information content (AvgIpc) is 3.05. The molecule has 2 aromatic heterocycles. The fraction of sp³-hybridized carbons (Fsp3) is 0.467. The predicted octanol–water partition coefficient (Wildman–Crippen LogP) is 1.81. The van der Waals surface area contributed by atoms with Crippen LogP contribution in [-0.4, -0.2) is 36.5 Å². The number of hydrogen-bond donors (Lipinski definition) is 2. The number of carbonyl (C=O) groups excluding carboxylic acids is 1. The number of aryl methyl sites for hydroxylation is 1. The molecule has 0 radical (unpaired) electrons. The van der Waals surface area contributed by atoms with Crippen molar-refractivity contribution in [1.29, 1.82) is 0 Å². The highest BCUT2D eigenvalue weighted by molar-refractivity contribution is 6.03. The molecule has 0 atom stereocenters. The van der Waals surface area contributed by atoms with E-state index in [4.69, 9.17) is 0 Å². The van der Waals surface area contributed by atoms with Gasteiger partial charge < -0.3 is 10.4 Å². The minimum atomic E-state index is -1.19. The van der Waals surface area contributed by atoms with Gasteiger partial charge >= 0.3 is 5.97 Å². The van der Waals surface area contributed by atoms with Crippen LogP contribution in [0.5, 0.6) is 0 Å². The highest BCUT2D eigenvalue weighted by atomic mass is 16.4. The van der Waals surface area contributed by atoms with Crippen LogP contribution >= 0.6 is 0 Å². The third kappa shape index (κ3) is 3.25. The molecule has 2 rings (SSSR count). The first-order valence-electron chi connectivity index (χ1n) is 7.26. The zero-order chi connectivity index (χ0) is 17.4. The number of aromatic nitrogens is 4. The Bertz CT molecular complexity index is 742. The topological polar surface area (TPSA) is 102 Å². The van der Waals surface area contributed by atoms with Crippen molar-refractivity contribution in [1.82, 2.24) is 19.6 Å². The molecule has 8 nitrogen and oxygen atoms in total. The Morgan fingerprint density at radius 2 is 2.00 bits per heavy atom. The van der Waals surface area contributed by atoms with E-state index in [1.807, 2.05) is 13.8 Å². The molecule has 2 heterocycles. The SMILES string of the molecule is CC(C)c1cc(C(=O)Nc2cnn(C(C)(C)C(=O)O)c2)n(C)n1. The number of carboxylic acid groups (broad SMARTS) is 1. The fourth-order valence-electron chi connectivity index (χ4n) is 1.97. The molecule has 1 amide bonds. The van der Waals surface area contributed by atoms with Gasteiger partial charge in [-0.15, -0.1) is 0 Å². The van der Waals surface area contributed by atoms with Crippen LogP contribution in [0, 0.1) is 0 Å². The van der Waals surface area contributed by atoms with Crippen LogP contribution in [-0.2, 0) is 17.4 Å². The number of nitrogens with zero attached hydrogens (tertiary/aromatic N) is 4. The number of nitrogens with one attached hydrogen (secondary N) is 1. The molecule has 8 heteroatoms. The van der Waals surface area contributed by atoms with Crippen molar-refractivity contribution in [2.24, 2.45) is 7.05 Å². The van der Waals surface area contributed by atoms with Crippen LogP contribution in [0.3, 0.4) is 0 Å². The van der Waals surface area contributed by atoms with Gasteiger partial charge in [0.25, 0.3) is 5.91 Å². The Hall–Kier alpha value is -2.64. The second kappa shape index (κ2) is 5.86. The highest BCUT2D eigenvalue weighted by Crippen LogP contribution is 2.19. The van der Waals surface area contributed by atoms with E-state index in [1.54, 1.807) is 13.1 Å². The van der Waals surface area contributed by atoms with Gasteiger partial charge in [0, 0.05) is 13.2 Å². The summed E-state index contributed by atoms with van der Waals surface area (Å²) in [5.74, 6) is -1.10. The van der Waals surface area contributed by atoms with Crippen molar-refractivity contribution >= 4 is 17.6 Å². The maximum Gasteiger partial charge on any atom is 0.331 e. The maximum absolute atomic E-state index is 12.3. The van der Waals surface area contributed by atoms with E-state index in [0.29, 0.717) is 11.4 Å². The molecule has 0 fully saturated rings. The van der Waals surface area contributed by atoms with Gasteiger partial charge in [0.05, 0.1) is 17.6 Å². The minimum absolute atomic E-state index is 0.224. The molecule has 0 aromatic carbocycles. The first-order valence-corrected chi connectivity index (χ1v) is 7.26. The third-order valence-electron chi connectivity index (χ3n) is 3.66. The molecule has 23 heavy (non-hydrogen) atoms. The molecule has 0 spiro atoms.